The van der Waals surface area contributed by atoms with Crippen LogP contribution in [0.25, 0.3) is 66.8 Å². The highest BCUT2D eigenvalue weighted by molar-refractivity contribution is 6.01. The lowest BCUT2D eigenvalue weighted by atomic mass is 9.69. The van der Waals surface area contributed by atoms with E-state index < -0.39 is 5.41 Å². The SMILES string of the molecule is CC(C)(C)c1ccc2c(c1)C1(c3ccccc3-c3cc(N(c4cccc(-c5cccc6c5C(C)(C)c5ccccc5-6)c4)c4ccccc4-c4cccc5c4-c4ccccc4C5(C)C)ccc31)c1cc(C(C)(C)C)ccc1-2. The van der Waals surface area contributed by atoms with Crippen molar-refractivity contribution in [3.05, 3.63) is 268 Å². The van der Waals surface area contributed by atoms with Gasteiger partial charge in [-0.1, -0.05) is 251 Å². The molecule has 0 bridgehead atoms. The molecule has 0 amide bonds. The van der Waals surface area contributed by atoms with Gasteiger partial charge in [0.2, 0.25) is 0 Å². The quantitative estimate of drug-likeness (QED) is 0.166. The molecular weight excluding hydrogens is 915 g/mol. The van der Waals surface area contributed by atoms with Crippen molar-refractivity contribution in [1.82, 2.24) is 0 Å². The molecule has 1 spiro atoms. The molecule has 0 saturated heterocycles. The lowest BCUT2D eigenvalue weighted by Gasteiger charge is -2.33. The van der Waals surface area contributed by atoms with Gasteiger partial charge in [-0.15, -0.1) is 0 Å². The van der Waals surface area contributed by atoms with Gasteiger partial charge in [0.1, 0.15) is 0 Å². The smallest absolute Gasteiger partial charge is 0.0725 e. The first-order chi connectivity index (χ1) is 36.5. The molecule has 0 N–H and O–H groups in total. The number of fused-ring (bicyclic) bond motifs is 16. The standard InChI is InChI=1S/C75H65N/c1-71(2,3)47-36-39-54-55-40-37-48(72(4,5)6)44-67(55)75(66(54)43-47)63-33-17-12-25-53(63)60-45-50(38-41-64(60)75)76(49-23-19-22-46(42-49)51-28-20-30-58-52-24-11-15-31-61(52)74(9,10)70(51)58)68-35-18-14-26-56(68)57-29-21-34-65-69(57)59-27-13-16-32-62(59)73(65,7)8/h11-45H,1-10H3. The zero-order chi connectivity index (χ0) is 52.3. The van der Waals surface area contributed by atoms with Crippen LogP contribution in [0.2, 0.25) is 0 Å². The molecule has 4 aliphatic rings. The Bertz CT molecular complexity index is 4020. The van der Waals surface area contributed by atoms with E-state index in [1.807, 2.05) is 0 Å². The Balaban J connectivity index is 1.03. The summed E-state index contributed by atoms with van der Waals surface area (Å²) in [4.78, 5) is 2.56. The lowest BCUT2D eigenvalue weighted by molar-refractivity contribution is 0.586. The number of rotatable bonds is 5. The van der Waals surface area contributed by atoms with Crippen LogP contribution in [0.4, 0.5) is 17.1 Å². The lowest BCUT2D eigenvalue weighted by Crippen LogP contribution is -2.27. The molecule has 0 unspecified atom stereocenters. The van der Waals surface area contributed by atoms with Crippen molar-refractivity contribution in [2.24, 2.45) is 0 Å². The Morgan fingerprint density at radius 2 is 0.776 bits per heavy atom. The maximum atomic E-state index is 2.56. The van der Waals surface area contributed by atoms with Crippen LogP contribution in [-0.2, 0) is 27.1 Å². The fourth-order valence-electron chi connectivity index (χ4n) is 14.5. The average molecular weight is 980 g/mol. The van der Waals surface area contributed by atoms with Crippen molar-refractivity contribution < 1.29 is 0 Å². The monoisotopic (exact) mass is 980 g/mol. The van der Waals surface area contributed by atoms with E-state index in [-0.39, 0.29) is 21.7 Å². The molecule has 10 aromatic rings. The molecule has 76 heavy (non-hydrogen) atoms. The van der Waals surface area contributed by atoms with E-state index in [0.29, 0.717) is 0 Å². The normalized spacial score (nSPS) is 15.3. The molecule has 0 aromatic heterocycles. The Morgan fingerprint density at radius 3 is 1.45 bits per heavy atom. The third-order valence-corrected chi connectivity index (χ3v) is 18.2. The zero-order valence-corrected chi connectivity index (χ0v) is 45.7. The summed E-state index contributed by atoms with van der Waals surface area (Å²) < 4.78 is 0. The third-order valence-electron chi connectivity index (χ3n) is 18.2. The van der Waals surface area contributed by atoms with E-state index in [1.165, 1.54) is 122 Å². The van der Waals surface area contributed by atoms with E-state index in [4.69, 9.17) is 0 Å². The van der Waals surface area contributed by atoms with Crippen LogP contribution in [0.5, 0.6) is 0 Å². The minimum atomic E-state index is -0.497. The van der Waals surface area contributed by atoms with Crippen LogP contribution >= 0.6 is 0 Å². The molecule has 1 nitrogen and oxygen atoms in total. The molecule has 0 atom stereocenters. The summed E-state index contributed by atoms with van der Waals surface area (Å²) in [5.41, 5.74) is 31.8. The molecule has 0 saturated carbocycles. The van der Waals surface area contributed by atoms with Crippen molar-refractivity contribution >= 4 is 17.1 Å². The minimum absolute atomic E-state index is 0.0227. The van der Waals surface area contributed by atoms with Crippen LogP contribution in [0, 0.1) is 0 Å². The number of nitrogens with zero attached hydrogens (tertiary/aromatic N) is 1. The van der Waals surface area contributed by atoms with Crippen LogP contribution < -0.4 is 4.90 Å². The second kappa shape index (κ2) is 16.0. The Morgan fingerprint density at radius 1 is 0.303 bits per heavy atom. The van der Waals surface area contributed by atoms with Crippen molar-refractivity contribution in [3.63, 3.8) is 0 Å². The molecule has 370 valence electrons. The second-order valence-electron chi connectivity index (χ2n) is 25.2. The fraction of sp³-hybridized carbons (Fsp3) is 0.200. The molecule has 0 heterocycles. The molecule has 10 aromatic carbocycles. The van der Waals surface area contributed by atoms with Gasteiger partial charge in [-0.2, -0.15) is 0 Å². The highest BCUT2D eigenvalue weighted by Crippen LogP contribution is 2.65. The number of hydrogen-bond donors (Lipinski definition) is 0. The zero-order valence-electron chi connectivity index (χ0n) is 45.7. The van der Waals surface area contributed by atoms with Gasteiger partial charge in [0.15, 0.2) is 0 Å². The molecule has 0 aliphatic heterocycles. The summed E-state index contributed by atoms with van der Waals surface area (Å²) in [5, 5.41) is 0. The van der Waals surface area contributed by atoms with Crippen molar-refractivity contribution in [2.75, 3.05) is 4.90 Å². The largest absolute Gasteiger partial charge is 0.310 e. The minimum Gasteiger partial charge on any atom is -0.310 e. The van der Waals surface area contributed by atoms with E-state index in [0.717, 1.165) is 17.1 Å². The molecule has 14 rings (SSSR count). The molecule has 4 aliphatic carbocycles. The highest BCUT2D eigenvalue weighted by Gasteiger charge is 2.52. The van der Waals surface area contributed by atoms with E-state index in [2.05, 4.69) is 286 Å². The molecule has 1 heteroatoms. The van der Waals surface area contributed by atoms with Gasteiger partial charge in [-0.25, -0.2) is 0 Å². The topological polar surface area (TPSA) is 3.24 Å². The van der Waals surface area contributed by atoms with Gasteiger partial charge in [0.05, 0.1) is 11.1 Å². The summed E-state index contributed by atoms with van der Waals surface area (Å²) in [5.74, 6) is 0. The third kappa shape index (κ3) is 6.38. The summed E-state index contributed by atoms with van der Waals surface area (Å²) in [6, 6.07) is 81.9. The number of benzene rings is 10. The van der Waals surface area contributed by atoms with Crippen molar-refractivity contribution in [3.8, 4) is 66.8 Å². The van der Waals surface area contributed by atoms with Crippen molar-refractivity contribution in [1.29, 1.82) is 0 Å². The maximum absolute atomic E-state index is 2.56. The molecule has 0 fully saturated rings. The van der Waals surface area contributed by atoms with Gasteiger partial charge in [0, 0.05) is 27.8 Å². The molecule has 0 radical (unpaired) electrons. The Kier molecular flexibility index (Phi) is 9.80. The first kappa shape index (κ1) is 46.5. The Hall–Kier alpha value is -8.00. The first-order valence-corrected chi connectivity index (χ1v) is 27.5. The van der Waals surface area contributed by atoms with Gasteiger partial charge in [-0.05, 0) is 158 Å². The molecular formula is C75H65N. The predicted molar refractivity (Wildman–Crippen MR) is 321 cm³/mol. The van der Waals surface area contributed by atoms with Gasteiger partial charge < -0.3 is 4.90 Å². The van der Waals surface area contributed by atoms with E-state index >= 15 is 0 Å². The van der Waals surface area contributed by atoms with Gasteiger partial charge >= 0.3 is 0 Å². The second-order valence-corrected chi connectivity index (χ2v) is 25.2. The van der Waals surface area contributed by atoms with Crippen LogP contribution in [0.1, 0.15) is 125 Å². The summed E-state index contributed by atoms with van der Waals surface area (Å²) in [6.45, 7) is 23.6. The van der Waals surface area contributed by atoms with Gasteiger partial charge in [-0.3, -0.25) is 0 Å². The van der Waals surface area contributed by atoms with Gasteiger partial charge in [0.25, 0.3) is 0 Å². The highest BCUT2D eigenvalue weighted by atomic mass is 15.1. The van der Waals surface area contributed by atoms with E-state index in [1.54, 1.807) is 0 Å². The number of para-hydroxylation sites is 1. The van der Waals surface area contributed by atoms with Crippen LogP contribution in [0.15, 0.2) is 212 Å². The summed E-state index contributed by atoms with van der Waals surface area (Å²) in [7, 11) is 0. The van der Waals surface area contributed by atoms with Crippen LogP contribution in [-0.4, -0.2) is 0 Å². The maximum Gasteiger partial charge on any atom is 0.0725 e. The number of hydrogen-bond acceptors (Lipinski definition) is 1. The average Bonchev–Trinajstić information content (AvgIpc) is 4.27. The first-order valence-electron chi connectivity index (χ1n) is 27.5. The Labute approximate surface area is 450 Å². The van der Waals surface area contributed by atoms with E-state index in [9.17, 15) is 0 Å². The predicted octanol–water partition coefficient (Wildman–Crippen LogP) is 20.0. The number of anilines is 3. The summed E-state index contributed by atoms with van der Waals surface area (Å²) >= 11 is 0. The van der Waals surface area contributed by atoms with Crippen LogP contribution in [0.3, 0.4) is 0 Å². The van der Waals surface area contributed by atoms with Crippen molar-refractivity contribution in [2.45, 2.75) is 96.3 Å². The summed E-state index contributed by atoms with van der Waals surface area (Å²) in [6.07, 6.45) is 0. The fourth-order valence-corrected chi connectivity index (χ4v) is 14.5.